The molecule has 0 aliphatic carbocycles. The lowest BCUT2D eigenvalue weighted by atomic mass is 10.1. The summed E-state index contributed by atoms with van der Waals surface area (Å²) in [5, 5.41) is 4.90. The highest BCUT2D eigenvalue weighted by molar-refractivity contribution is 6.34. The van der Waals surface area contributed by atoms with Gasteiger partial charge >= 0.3 is 0 Å². The molecule has 0 saturated carbocycles. The highest BCUT2D eigenvalue weighted by atomic mass is 35.5. The zero-order valence-corrected chi connectivity index (χ0v) is 12.1. The van der Waals surface area contributed by atoms with Gasteiger partial charge in [-0.15, -0.1) is 0 Å². The molecule has 0 bridgehead atoms. The molecule has 0 heterocycles. The zero-order valence-electron chi connectivity index (χ0n) is 10.6. The van der Waals surface area contributed by atoms with Gasteiger partial charge in [-0.05, 0) is 37.1 Å². The number of rotatable bonds is 7. The summed E-state index contributed by atoms with van der Waals surface area (Å²) in [6.07, 6.45) is 5.11. The highest BCUT2D eigenvalue weighted by Crippen LogP contribution is 2.19. The standard InChI is InChI=1S/C14H21Cl2N/c1-3-4-5-6-11(2)17-10-12-7-13(15)9-14(16)8-12/h7-9,11,17H,3-6,10H2,1-2H3. The largest absolute Gasteiger partial charge is 0.310 e. The van der Waals surface area contributed by atoms with Gasteiger partial charge in [-0.3, -0.25) is 0 Å². The number of halogens is 2. The van der Waals surface area contributed by atoms with E-state index in [0.717, 1.165) is 12.1 Å². The van der Waals surface area contributed by atoms with E-state index in [0.29, 0.717) is 16.1 Å². The van der Waals surface area contributed by atoms with Crippen LogP contribution in [0.4, 0.5) is 0 Å². The van der Waals surface area contributed by atoms with Gasteiger partial charge in [-0.1, -0.05) is 49.4 Å². The van der Waals surface area contributed by atoms with Crippen LogP contribution in [0.1, 0.15) is 45.1 Å². The van der Waals surface area contributed by atoms with Crippen molar-refractivity contribution in [1.29, 1.82) is 0 Å². The normalized spacial score (nSPS) is 12.7. The van der Waals surface area contributed by atoms with Gasteiger partial charge < -0.3 is 5.32 Å². The predicted octanol–water partition coefficient (Wildman–Crippen LogP) is 5.05. The number of hydrogen-bond donors (Lipinski definition) is 1. The van der Waals surface area contributed by atoms with E-state index in [1.165, 1.54) is 25.7 Å². The Bertz CT molecular complexity index is 319. The fourth-order valence-electron chi connectivity index (χ4n) is 1.81. The van der Waals surface area contributed by atoms with Crippen LogP contribution < -0.4 is 5.32 Å². The number of unbranched alkanes of at least 4 members (excludes halogenated alkanes) is 2. The van der Waals surface area contributed by atoms with Crippen molar-refractivity contribution < 1.29 is 0 Å². The molecule has 17 heavy (non-hydrogen) atoms. The summed E-state index contributed by atoms with van der Waals surface area (Å²) in [4.78, 5) is 0. The van der Waals surface area contributed by atoms with E-state index < -0.39 is 0 Å². The maximum Gasteiger partial charge on any atom is 0.0424 e. The molecule has 0 amide bonds. The molecule has 1 aromatic rings. The highest BCUT2D eigenvalue weighted by Gasteiger charge is 2.02. The molecule has 1 rings (SSSR count). The summed E-state index contributed by atoms with van der Waals surface area (Å²) in [6, 6.07) is 6.22. The van der Waals surface area contributed by atoms with Gasteiger partial charge in [0.05, 0.1) is 0 Å². The lowest BCUT2D eigenvalue weighted by molar-refractivity contribution is 0.487. The summed E-state index contributed by atoms with van der Waals surface area (Å²) in [6.45, 7) is 5.28. The molecule has 1 aromatic carbocycles. The molecule has 0 aromatic heterocycles. The Kier molecular flexibility index (Phi) is 6.94. The molecule has 0 spiro atoms. The molecule has 0 radical (unpaired) electrons. The maximum atomic E-state index is 5.96. The Morgan fingerprint density at radius 3 is 2.35 bits per heavy atom. The molecule has 1 N–H and O–H groups in total. The van der Waals surface area contributed by atoms with Crippen molar-refractivity contribution in [2.45, 2.75) is 52.1 Å². The minimum Gasteiger partial charge on any atom is -0.310 e. The molecule has 1 atom stereocenters. The SMILES string of the molecule is CCCCCC(C)NCc1cc(Cl)cc(Cl)c1. The van der Waals surface area contributed by atoms with Gasteiger partial charge in [0.25, 0.3) is 0 Å². The van der Waals surface area contributed by atoms with E-state index in [9.17, 15) is 0 Å². The molecule has 3 heteroatoms. The van der Waals surface area contributed by atoms with Gasteiger partial charge in [0, 0.05) is 22.6 Å². The van der Waals surface area contributed by atoms with Crippen LogP contribution in [0.3, 0.4) is 0 Å². The first-order chi connectivity index (χ1) is 8.11. The molecule has 1 nitrogen and oxygen atoms in total. The molecule has 0 aliphatic rings. The Balaban J connectivity index is 2.34. The minimum absolute atomic E-state index is 0.541. The van der Waals surface area contributed by atoms with Crippen LogP contribution in [0.2, 0.25) is 10.0 Å². The summed E-state index contributed by atoms with van der Waals surface area (Å²) in [5.41, 5.74) is 1.14. The lowest BCUT2D eigenvalue weighted by Crippen LogP contribution is -2.25. The third kappa shape index (κ3) is 6.30. The van der Waals surface area contributed by atoms with E-state index in [1.807, 2.05) is 12.1 Å². The number of benzene rings is 1. The average molecular weight is 274 g/mol. The van der Waals surface area contributed by atoms with Crippen molar-refractivity contribution in [3.05, 3.63) is 33.8 Å². The second-order valence-corrected chi connectivity index (χ2v) is 5.43. The molecule has 1 unspecified atom stereocenters. The molecule has 96 valence electrons. The summed E-state index contributed by atoms with van der Waals surface area (Å²) >= 11 is 11.9. The van der Waals surface area contributed by atoms with Gasteiger partial charge in [-0.2, -0.15) is 0 Å². The van der Waals surface area contributed by atoms with Crippen molar-refractivity contribution in [3.8, 4) is 0 Å². The Hall–Kier alpha value is -0.240. The van der Waals surface area contributed by atoms with E-state index in [1.54, 1.807) is 6.07 Å². The van der Waals surface area contributed by atoms with E-state index in [4.69, 9.17) is 23.2 Å². The monoisotopic (exact) mass is 273 g/mol. The minimum atomic E-state index is 0.541. The van der Waals surface area contributed by atoms with E-state index >= 15 is 0 Å². The van der Waals surface area contributed by atoms with Crippen molar-refractivity contribution in [2.24, 2.45) is 0 Å². The smallest absolute Gasteiger partial charge is 0.0424 e. The van der Waals surface area contributed by atoms with Crippen molar-refractivity contribution in [3.63, 3.8) is 0 Å². The fraction of sp³-hybridized carbons (Fsp3) is 0.571. The van der Waals surface area contributed by atoms with Crippen LogP contribution in [0.25, 0.3) is 0 Å². The van der Waals surface area contributed by atoms with Crippen molar-refractivity contribution >= 4 is 23.2 Å². The second kappa shape index (κ2) is 7.97. The Labute approximate surface area is 115 Å². The molecular weight excluding hydrogens is 253 g/mol. The first-order valence-electron chi connectivity index (χ1n) is 6.30. The number of hydrogen-bond acceptors (Lipinski definition) is 1. The van der Waals surface area contributed by atoms with Gasteiger partial charge in [0.2, 0.25) is 0 Å². The second-order valence-electron chi connectivity index (χ2n) is 4.56. The summed E-state index contributed by atoms with van der Waals surface area (Å²) in [7, 11) is 0. The summed E-state index contributed by atoms with van der Waals surface area (Å²) in [5.74, 6) is 0. The van der Waals surface area contributed by atoms with Crippen molar-refractivity contribution in [2.75, 3.05) is 0 Å². The first kappa shape index (κ1) is 14.8. The molecule has 0 saturated heterocycles. The van der Waals surface area contributed by atoms with Crippen LogP contribution in [0.15, 0.2) is 18.2 Å². The maximum absolute atomic E-state index is 5.96. The first-order valence-corrected chi connectivity index (χ1v) is 7.05. The Morgan fingerprint density at radius 1 is 1.12 bits per heavy atom. The van der Waals surface area contributed by atoms with Gasteiger partial charge in [0.1, 0.15) is 0 Å². The van der Waals surface area contributed by atoms with Crippen LogP contribution in [0.5, 0.6) is 0 Å². The molecule has 0 aliphatic heterocycles. The predicted molar refractivity (Wildman–Crippen MR) is 76.9 cm³/mol. The van der Waals surface area contributed by atoms with Crippen LogP contribution >= 0.6 is 23.2 Å². The van der Waals surface area contributed by atoms with Gasteiger partial charge in [-0.25, -0.2) is 0 Å². The molecule has 0 fully saturated rings. The van der Waals surface area contributed by atoms with Crippen LogP contribution in [0, 0.1) is 0 Å². The average Bonchev–Trinajstić information content (AvgIpc) is 2.25. The van der Waals surface area contributed by atoms with Gasteiger partial charge in [0.15, 0.2) is 0 Å². The van der Waals surface area contributed by atoms with Crippen LogP contribution in [-0.2, 0) is 6.54 Å². The topological polar surface area (TPSA) is 12.0 Å². The summed E-state index contributed by atoms with van der Waals surface area (Å²) < 4.78 is 0. The van der Waals surface area contributed by atoms with E-state index in [-0.39, 0.29) is 0 Å². The third-order valence-corrected chi connectivity index (χ3v) is 3.25. The zero-order chi connectivity index (χ0) is 12.7. The number of nitrogens with one attached hydrogen (secondary N) is 1. The Morgan fingerprint density at radius 2 is 1.76 bits per heavy atom. The van der Waals surface area contributed by atoms with Crippen molar-refractivity contribution in [1.82, 2.24) is 5.32 Å². The lowest BCUT2D eigenvalue weighted by Gasteiger charge is -2.13. The fourth-order valence-corrected chi connectivity index (χ4v) is 2.38. The van der Waals surface area contributed by atoms with E-state index in [2.05, 4.69) is 19.2 Å². The van der Waals surface area contributed by atoms with Crippen LogP contribution in [-0.4, -0.2) is 6.04 Å². The molecular formula is C14H21Cl2N. The quantitative estimate of drug-likeness (QED) is 0.686. The third-order valence-electron chi connectivity index (χ3n) is 2.82.